The number of hydrogen-bond donors (Lipinski definition) is 2. The van der Waals surface area contributed by atoms with Gasteiger partial charge in [0.05, 0.1) is 5.39 Å². The largest absolute Gasteiger partial charge is 0.367 e. The van der Waals surface area contributed by atoms with Crippen LogP contribution in [-0.2, 0) is 12.8 Å². The molecular formula is C16H22N4S2. The van der Waals surface area contributed by atoms with Crippen LogP contribution in [-0.4, -0.2) is 35.4 Å². The zero-order valence-electron chi connectivity index (χ0n) is 12.9. The summed E-state index contributed by atoms with van der Waals surface area (Å²) >= 11 is 3.53. The molecule has 0 spiro atoms. The summed E-state index contributed by atoms with van der Waals surface area (Å²) in [4.78, 5) is 12.3. The van der Waals surface area contributed by atoms with E-state index >= 15 is 0 Å². The maximum Gasteiger partial charge on any atom is 0.190 e. The normalized spacial score (nSPS) is 19.3. The molecular weight excluding hydrogens is 312 g/mol. The van der Waals surface area contributed by atoms with E-state index in [0.29, 0.717) is 6.04 Å². The standard InChI is InChI=1S/C16H22N4S2/c1-21-16-19-14(18-10-6-8-17-9-7-10)13-11-4-2-3-5-12(11)22-15(13)20-16/h10,17H,2-9H2,1H3,(H,18,19,20). The van der Waals surface area contributed by atoms with Crippen molar-refractivity contribution < 1.29 is 0 Å². The Morgan fingerprint density at radius 1 is 1.18 bits per heavy atom. The van der Waals surface area contributed by atoms with Crippen LogP contribution in [0.3, 0.4) is 0 Å². The van der Waals surface area contributed by atoms with Gasteiger partial charge in [0.15, 0.2) is 5.16 Å². The Hall–Kier alpha value is -0.850. The van der Waals surface area contributed by atoms with Crippen molar-refractivity contribution in [1.82, 2.24) is 15.3 Å². The highest BCUT2D eigenvalue weighted by atomic mass is 32.2. The van der Waals surface area contributed by atoms with Gasteiger partial charge in [0, 0.05) is 10.9 Å². The monoisotopic (exact) mass is 334 g/mol. The molecule has 1 saturated heterocycles. The molecule has 2 aromatic rings. The number of aryl methyl sites for hydroxylation is 2. The lowest BCUT2D eigenvalue weighted by molar-refractivity contribution is 0.478. The van der Waals surface area contributed by atoms with Gasteiger partial charge in [-0.15, -0.1) is 11.3 Å². The Balaban J connectivity index is 1.78. The fourth-order valence-corrected chi connectivity index (χ4v) is 5.18. The average Bonchev–Trinajstić information content (AvgIpc) is 2.94. The molecule has 3 heterocycles. The fourth-order valence-electron chi connectivity index (χ4n) is 3.49. The van der Waals surface area contributed by atoms with Gasteiger partial charge in [0.2, 0.25) is 0 Å². The molecule has 22 heavy (non-hydrogen) atoms. The van der Waals surface area contributed by atoms with E-state index in [1.54, 1.807) is 16.6 Å². The minimum Gasteiger partial charge on any atom is -0.367 e. The second-order valence-corrected chi connectivity index (χ2v) is 7.98. The number of rotatable bonds is 3. The quantitative estimate of drug-likeness (QED) is 0.665. The molecule has 0 bridgehead atoms. The molecule has 4 nitrogen and oxygen atoms in total. The van der Waals surface area contributed by atoms with Crippen LogP contribution in [0.2, 0.25) is 0 Å². The van der Waals surface area contributed by atoms with E-state index in [2.05, 4.69) is 16.9 Å². The highest BCUT2D eigenvalue weighted by molar-refractivity contribution is 7.98. The number of anilines is 1. The van der Waals surface area contributed by atoms with Gasteiger partial charge < -0.3 is 10.6 Å². The number of nitrogens with zero attached hydrogens (tertiary/aromatic N) is 2. The first kappa shape index (κ1) is 14.7. The molecule has 0 aromatic carbocycles. The van der Waals surface area contributed by atoms with E-state index in [1.165, 1.54) is 54.3 Å². The summed E-state index contributed by atoms with van der Waals surface area (Å²) in [6.07, 6.45) is 9.44. The van der Waals surface area contributed by atoms with Crippen molar-refractivity contribution in [3.8, 4) is 0 Å². The summed E-state index contributed by atoms with van der Waals surface area (Å²) in [5.74, 6) is 1.08. The fraction of sp³-hybridized carbons (Fsp3) is 0.625. The molecule has 118 valence electrons. The first-order valence-corrected chi connectivity index (χ1v) is 10.2. The van der Waals surface area contributed by atoms with Gasteiger partial charge in [-0.1, -0.05) is 11.8 Å². The Morgan fingerprint density at radius 2 is 2.00 bits per heavy atom. The summed E-state index contributed by atoms with van der Waals surface area (Å²) in [6, 6.07) is 0.535. The van der Waals surface area contributed by atoms with Crippen LogP contribution in [0.15, 0.2) is 5.16 Å². The van der Waals surface area contributed by atoms with Gasteiger partial charge in [-0.2, -0.15) is 0 Å². The zero-order chi connectivity index (χ0) is 14.9. The Labute approximate surface area is 139 Å². The summed E-state index contributed by atoms with van der Waals surface area (Å²) in [5.41, 5.74) is 1.52. The smallest absolute Gasteiger partial charge is 0.190 e. The van der Waals surface area contributed by atoms with Crippen LogP contribution < -0.4 is 10.6 Å². The van der Waals surface area contributed by atoms with Crippen LogP contribution in [0.5, 0.6) is 0 Å². The lowest BCUT2D eigenvalue weighted by Crippen LogP contribution is -2.35. The molecule has 0 atom stereocenters. The SMILES string of the molecule is CSc1nc(NC2CCNCC2)c2c3c(sc2n1)CCCC3. The van der Waals surface area contributed by atoms with E-state index in [1.807, 2.05) is 11.3 Å². The molecule has 2 aliphatic rings. The maximum atomic E-state index is 4.82. The van der Waals surface area contributed by atoms with Crippen molar-refractivity contribution >= 4 is 39.1 Å². The second kappa shape index (κ2) is 6.34. The Kier molecular flexibility index (Phi) is 4.24. The van der Waals surface area contributed by atoms with Gasteiger partial charge in [-0.05, 0) is 63.4 Å². The third-order valence-corrected chi connectivity index (χ3v) is 6.39. The van der Waals surface area contributed by atoms with Crippen molar-refractivity contribution in [2.75, 3.05) is 24.7 Å². The maximum absolute atomic E-state index is 4.82. The number of nitrogens with one attached hydrogen (secondary N) is 2. The number of fused-ring (bicyclic) bond motifs is 3. The minimum absolute atomic E-state index is 0.535. The lowest BCUT2D eigenvalue weighted by Gasteiger charge is -2.25. The van der Waals surface area contributed by atoms with Crippen LogP contribution >= 0.6 is 23.1 Å². The van der Waals surface area contributed by atoms with Crippen LogP contribution in [0.4, 0.5) is 5.82 Å². The van der Waals surface area contributed by atoms with Crippen molar-refractivity contribution in [3.63, 3.8) is 0 Å². The summed E-state index contributed by atoms with van der Waals surface area (Å²) in [6.45, 7) is 2.20. The van der Waals surface area contributed by atoms with Crippen LogP contribution in [0.25, 0.3) is 10.2 Å². The zero-order valence-corrected chi connectivity index (χ0v) is 14.6. The van der Waals surface area contributed by atoms with E-state index in [9.17, 15) is 0 Å². The molecule has 1 fully saturated rings. The summed E-state index contributed by atoms with van der Waals surface area (Å²) < 4.78 is 0. The summed E-state index contributed by atoms with van der Waals surface area (Å²) in [7, 11) is 0. The molecule has 4 rings (SSSR count). The van der Waals surface area contributed by atoms with E-state index in [0.717, 1.165) is 24.1 Å². The number of thiophene rings is 1. The molecule has 2 N–H and O–H groups in total. The highest BCUT2D eigenvalue weighted by Crippen LogP contribution is 2.39. The van der Waals surface area contributed by atoms with E-state index in [-0.39, 0.29) is 0 Å². The topological polar surface area (TPSA) is 49.8 Å². The van der Waals surface area contributed by atoms with Gasteiger partial charge in [0.1, 0.15) is 10.6 Å². The molecule has 0 unspecified atom stereocenters. The number of aromatic nitrogens is 2. The minimum atomic E-state index is 0.535. The van der Waals surface area contributed by atoms with Gasteiger partial charge >= 0.3 is 0 Å². The number of hydrogen-bond acceptors (Lipinski definition) is 6. The Morgan fingerprint density at radius 3 is 2.82 bits per heavy atom. The molecule has 1 aliphatic heterocycles. The third kappa shape index (κ3) is 2.72. The molecule has 0 radical (unpaired) electrons. The van der Waals surface area contributed by atoms with Gasteiger partial charge in [-0.25, -0.2) is 9.97 Å². The van der Waals surface area contributed by atoms with Gasteiger partial charge in [0.25, 0.3) is 0 Å². The van der Waals surface area contributed by atoms with Crippen molar-refractivity contribution in [1.29, 1.82) is 0 Å². The molecule has 0 saturated carbocycles. The lowest BCUT2D eigenvalue weighted by atomic mass is 9.97. The number of piperidine rings is 1. The Bertz CT molecular complexity index is 676. The second-order valence-electron chi connectivity index (χ2n) is 6.12. The predicted octanol–water partition coefficient (Wildman–Crippen LogP) is 3.46. The molecule has 2 aromatic heterocycles. The first-order valence-electron chi connectivity index (χ1n) is 8.18. The first-order chi connectivity index (χ1) is 10.8. The van der Waals surface area contributed by atoms with Crippen molar-refractivity contribution in [2.24, 2.45) is 0 Å². The van der Waals surface area contributed by atoms with Crippen molar-refractivity contribution in [3.05, 3.63) is 10.4 Å². The average molecular weight is 335 g/mol. The van der Waals surface area contributed by atoms with Gasteiger partial charge in [-0.3, -0.25) is 0 Å². The number of thioether (sulfide) groups is 1. The third-order valence-electron chi connectivity index (χ3n) is 4.66. The summed E-state index contributed by atoms with van der Waals surface area (Å²) in [5, 5.41) is 9.37. The molecule has 0 amide bonds. The molecule has 6 heteroatoms. The van der Waals surface area contributed by atoms with E-state index in [4.69, 9.17) is 9.97 Å². The van der Waals surface area contributed by atoms with Crippen molar-refractivity contribution in [2.45, 2.75) is 49.7 Å². The molecule has 1 aliphatic carbocycles. The van der Waals surface area contributed by atoms with E-state index < -0.39 is 0 Å². The van der Waals surface area contributed by atoms with Crippen LogP contribution in [0.1, 0.15) is 36.1 Å². The highest BCUT2D eigenvalue weighted by Gasteiger charge is 2.23. The predicted molar refractivity (Wildman–Crippen MR) is 95.4 cm³/mol. The van der Waals surface area contributed by atoms with Crippen LogP contribution in [0, 0.1) is 0 Å².